The molecule has 116 valence electrons. The third-order valence-corrected chi connectivity index (χ3v) is 3.92. The molecule has 4 nitrogen and oxygen atoms in total. The number of benzene rings is 1. The van der Waals surface area contributed by atoms with Crippen LogP contribution in [-0.4, -0.2) is 30.3 Å². The molecule has 0 bridgehead atoms. The highest BCUT2D eigenvalue weighted by Gasteiger charge is 2.43. The third-order valence-electron chi connectivity index (χ3n) is 3.92. The fraction of sp³-hybridized carbons (Fsp3) is 0.588. The van der Waals surface area contributed by atoms with Crippen LogP contribution in [-0.2, 0) is 15.1 Å². The zero-order valence-corrected chi connectivity index (χ0v) is 12.7. The molecule has 1 aromatic rings. The van der Waals surface area contributed by atoms with Crippen LogP contribution in [0.2, 0.25) is 0 Å². The number of carboxylic acids is 1. The number of rotatable bonds is 10. The van der Waals surface area contributed by atoms with Crippen molar-refractivity contribution in [2.75, 3.05) is 13.2 Å². The molecule has 0 amide bonds. The number of aliphatic carboxylic acids is 1. The van der Waals surface area contributed by atoms with Crippen LogP contribution >= 0.6 is 0 Å². The summed E-state index contributed by atoms with van der Waals surface area (Å²) in [5.74, 6) is -0.820. The van der Waals surface area contributed by atoms with Gasteiger partial charge in [-0.3, -0.25) is 5.32 Å². The lowest BCUT2D eigenvalue weighted by molar-refractivity contribution is -0.146. The van der Waals surface area contributed by atoms with Crippen LogP contribution in [0.4, 0.5) is 0 Å². The molecular weight excluding hydrogens is 266 g/mol. The Morgan fingerprint density at radius 1 is 1.33 bits per heavy atom. The van der Waals surface area contributed by atoms with Crippen LogP contribution in [0.1, 0.15) is 44.6 Å². The van der Waals surface area contributed by atoms with Gasteiger partial charge in [-0.25, -0.2) is 4.79 Å². The standard InChI is InChI=1S/C17H25NO3/c1-2-3-12-21-13-11-17(16(19)20,18-15-9-10-15)14-7-5-4-6-8-14/h4-8,15,18H,2-3,9-13H2,1H3,(H,19,20). The summed E-state index contributed by atoms with van der Waals surface area (Å²) in [6.45, 7) is 3.27. The van der Waals surface area contributed by atoms with Crippen molar-refractivity contribution in [1.29, 1.82) is 0 Å². The van der Waals surface area contributed by atoms with E-state index in [1.807, 2.05) is 30.3 Å². The second-order valence-electron chi connectivity index (χ2n) is 5.71. The Bertz CT molecular complexity index is 445. The number of ether oxygens (including phenoxy) is 1. The summed E-state index contributed by atoms with van der Waals surface area (Å²) < 4.78 is 5.60. The van der Waals surface area contributed by atoms with Gasteiger partial charge in [-0.05, 0) is 24.8 Å². The zero-order valence-electron chi connectivity index (χ0n) is 12.7. The van der Waals surface area contributed by atoms with Crippen LogP contribution in [0.5, 0.6) is 0 Å². The van der Waals surface area contributed by atoms with Gasteiger partial charge in [0.2, 0.25) is 0 Å². The molecule has 2 N–H and O–H groups in total. The maximum atomic E-state index is 12.0. The van der Waals surface area contributed by atoms with Crippen LogP contribution < -0.4 is 5.32 Å². The lowest BCUT2D eigenvalue weighted by atomic mass is 9.86. The number of carbonyl (C=O) groups is 1. The summed E-state index contributed by atoms with van der Waals surface area (Å²) >= 11 is 0. The van der Waals surface area contributed by atoms with Crippen molar-refractivity contribution in [2.24, 2.45) is 0 Å². The summed E-state index contributed by atoms with van der Waals surface area (Å²) in [5.41, 5.74) is -0.224. The lowest BCUT2D eigenvalue weighted by Gasteiger charge is -2.31. The van der Waals surface area contributed by atoms with E-state index in [0.29, 0.717) is 25.7 Å². The molecule has 0 saturated heterocycles. The largest absolute Gasteiger partial charge is 0.480 e. The van der Waals surface area contributed by atoms with E-state index in [2.05, 4.69) is 12.2 Å². The Hall–Kier alpha value is -1.39. The second-order valence-corrected chi connectivity index (χ2v) is 5.71. The fourth-order valence-corrected chi connectivity index (χ4v) is 2.46. The van der Waals surface area contributed by atoms with E-state index in [-0.39, 0.29) is 0 Å². The van der Waals surface area contributed by atoms with Crippen molar-refractivity contribution in [3.8, 4) is 0 Å². The molecule has 1 unspecified atom stereocenters. The van der Waals surface area contributed by atoms with Crippen molar-refractivity contribution < 1.29 is 14.6 Å². The van der Waals surface area contributed by atoms with Crippen LogP contribution in [0.25, 0.3) is 0 Å². The Balaban J connectivity index is 2.09. The van der Waals surface area contributed by atoms with Gasteiger partial charge in [0.1, 0.15) is 5.54 Å². The molecule has 0 spiro atoms. The van der Waals surface area contributed by atoms with E-state index < -0.39 is 11.5 Å². The highest BCUT2D eigenvalue weighted by molar-refractivity contribution is 5.81. The molecule has 4 heteroatoms. The minimum atomic E-state index is -1.03. The first kappa shape index (κ1) is 16.0. The fourth-order valence-electron chi connectivity index (χ4n) is 2.46. The number of carboxylic acid groups (broad SMARTS) is 1. The van der Waals surface area contributed by atoms with Gasteiger partial charge in [0, 0.05) is 25.7 Å². The van der Waals surface area contributed by atoms with Gasteiger partial charge in [0.25, 0.3) is 0 Å². The van der Waals surface area contributed by atoms with E-state index in [1.165, 1.54) is 0 Å². The van der Waals surface area contributed by atoms with E-state index in [4.69, 9.17) is 4.74 Å². The van der Waals surface area contributed by atoms with Crippen molar-refractivity contribution in [1.82, 2.24) is 5.32 Å². The number of unbranched alkanes of at least 4 members (excludes halogenated alkanes) is 1. The Kier molecular flexibility index (Phi) is 5.76. The average molecular weight is 291 g/mol. The van der Waals surface area contributed by atoms with Gasteiger partial charge in [-0.1, -0.05) is 43.7 Å². The maximum Gasteiger partial charge on any atom is 0.328 e. The van der Waals surface area contributed by atoms with Gasteiger partial charge >= 0.3 is 5.97 Å². The monoisotopic (exact) mass is 291 g/mol. The molecule has 1 aliphatic carbocycles. The smallest absolute Gasteiger partial charge is 0.328 e. The number of nitrogens with one attached hydrogen (secondary N) is 1. The quantitative estimate of drug-likeness (QED) is 0.651. The van der Waals surface area contributed by atoms with Gasteiger partial charge < -0.3 is 9.84 Å². The first-order chi connectivity index (χ1) is 10.2. The molecule has 1 saturated carbocycles. The van der Waals surface area contributed by atoms with Gasteiger partial charge in [0.05, 0.1) is 0 Å². The lowest BCUT2D eigenvalue weighted by Crippen LogP contribution is -2.51. The van der Waals surface area contributed by atoms with Crippen molar-refractivity contribution >= 4 is 5.97 Å². The topological polar surface area (TPSA) is 58.6 Å². The summed E-state index contributed by atoms with van der Waals surface area (Å²) in [4.78, 5) is 12.0. The minimum Gasteiger partial charge on any atom is -0.480 e. The highest BCUT2D eigenvalue weighted by atomic mass is 16.5. The first-order valence-electron chi connectivity index (χ1n) is 7.83. The third kappa shape index (κ3) is 4.29. The predicted octanol–water partition coefficient (Wildman–Crippen LogP) is 2.93. The second kappa shape index (κ2) is 7.57. The van der Waals surface area contributed by atoms with Crippen LogP contribution in [0, 0.1) is 0 Å². The molecule has 2 rings (SSSR count). The number of hydrogen-bond acceptors (Lipinski definition) is 3. The van der Waals surface area contributed by atoms with Gasteiger partial charge in [-0.2, -0.15) is 0 Å². The van der Waals surface area contributed by atoms with Crippen LogP contribution in [0.15, 0.2) is 30.3 Å². The Morgan fingerprint density at radius 2 is 2.05 bits per heavy atom. The molecule has 0 heterocycles. The average Bonchev–Trinajstić information content (AvgIpc) is 3.30. The molecule has 1 atom stereocenters. The molecular formula is C17H25NO3. The molecule has 0 aliphatic heterocycles. The van der Waals surface area contributed by atoms with E-state index in [1.54, 1.807) is 0 Å². The SMILES string of the molecule is CCCCOCCC(NC1CC1)(C(=O)O)c1ccccc1. The number of hydrogen-bond donors (Lipinski definition) is 2. The predicted molar refractivity (Wildman–Crippen MR) is 82.3 cm³/mol. The molecule has 21 heavy (non-hydrogen) atoms. The first-order valence-corrected chi connectivity index (χ1v) is 7.83. The van der Waals surface area contributed by atoms with Gasteiger partial charge in [-0.15, -0.1) is 0 Å². The van der Waals surface area contributed by atoms with Crippen LogP contribution in [0.3, 0.4) is 0 Å². The molecule has 1 aliphatic rings. The molecule has 1 fully saturated rings. The van der Waals surface area contributed by atoms with E-state index in [0.717, 1.165) is 31.2 Å². The van der Waals surface area contributed by atoms with Crippen molar-refractivity contribution in [3.05, 3.63) is 35.9 Å². The van der Waals surface area contributed by atoms with E-state index >= 15 is 0 Å². The molecule has 0 aromatic heterocycles. The molecule has 1 aromatic carbocycles. The van der Waals surface area contributed by atoms with Crippen molar-refractivity contribution in [2.45, 2.75) is 50.6 Å². The molecule has 0 radical (unpaired) electrons. The van der Waals surface area contributed by atoms with Gasteiger partial charge in [0.15, 0.2) is 0 Å². The summed E-state index contributed by atoms with van der Waals surface area (Å²) in [5, 5.41) is 13.2. The zero-order chi connectivity index (χ0) is 15.1. The highest BCUT2D eigenvalue weighted by Crippen LogP contribution is 2.31. The normalized spacial score (nSPS) is 17.4. The van der Waals surface area contributed by atoms with E-state index in [9.17, 15) is 9.90 Å². The summed E-state index contributed by atoms with van der Waals surface area (Å²) in [7, 11) is 0. The van der Waals surface area contributed by atoms with Crippen molar-refractivity contribution in [3.63, 3.8) is 0 Å². The summed E-state index contributed by atoms with van der Waals surface area (Å²) in [6, 6.07) is 9.77. The maximum absolute atomic E-state index is 12.0. The Labute approximate surface area is 126 Å². The Morgan fingerprint density at radius 3 is 2.62 bits per heavy atom. The minimum absolute atomic E-state index is 0.317. The summed E-state index contributed by atoms with van der Waals surface area (Å²) in [6.07, 6.45) is 4.66.